The van der Waals surface area contributed by atoms with E-state index in [1.807, 2.05) is 13.8 Å². The van der Waals surface area contributed by atoms with Crippen LogP contribution in [0.3, 0.4) is 0 Å². The van der Waals surface area contributed by atoms with E-state index in [1.54, 1.807) is 0 Å². The van der Waals surface area contributed by atoms with Gasteiger partial charge >= 0.3 is 0 Å². The van der Waals surface area contributed by atoms with Crippen molar-refractivity contribution in [3.63, 3.8) is 0 Å². The fraction of sp³-hybridized carbons (Fsp3) is 0.375. The van der Waals surface area contributed by atoms with E-state index < -0.39 is 0 Å². The van der Waals surface area contributed by atoms with Crippen LogP contribution in [0.15, 0.2) is 28.5 Å². The van der Waals surface area contributed by atoms with Crippen molar-refractivity contribution in [2.45, 2.75) is 13.8 Å². The molecule has 4 heteroatoms. The Balaban J connectivity index is 4.66. The minimum Gasteiger partial charge on any atom is -0.404 e. The lowest BCUT2D eigenvalue weighted by Crippen LogP contribution is -2.19. The first-order valence-corrected chi connectivity index (χ1v) is 3.97. The Hall–Kier alpha value is -0.960. The number of hydrogen-bond acceptors (Lipinski definition) is 2. The molecule has 12 heavy (non-hydrogen) atoms. The standard InChI is InChI=1S/C8H14ClN3/c1-5(2)7(4-10)8(11)12-6(3)9/h4-5H,3,10H2,1-2H3,(H2,11,12)/b7-4-. The SMILES string of the molecule is C=C(Cl)N=C(N)/C(=C\N)C(C)C. The third-order valence-electron chi connectivity index (χ3n) is 1.34. The van der Waals surface area contributed by atoms with Gasteiger partial charge in [-0.05, 0) is 5.92 Å². The summed E-state index contributed by atoms with van der Waals surface area (Å²) in [6.07, 6.45) is 1.43. The molecule has 0 rings (SSSR count). The van der Waals surface area contributed by atoms with E-state index in [2.05, 4.69) is 11.6 Å². The van der Waals surface area contributed by atoms with E-state index in [0.29, 0.717) is 5.84 Å². The van der Waals surface area contributed by atoms with E-state index in [4.69, 9.17) is 23.1 Å². The second kappa shape index (κ2) is 4.83. The van der Waals surface area contributed by atoms with Crippen LogP contribution in [0.1, 0.15) is 13.8 Å². The minimum absolute atomic E-state index is 0.160. The summed E-state index contributed by atoms with van der Waals surface area (Å²) in [4.78, 5) is 3.79. The summed E-state index contributed by atoms with van der Waals surface area (Å²) < 4.78 is 0. The quantitative estimate of drug-likeness (QED) is 0.400. The van der Waals surface area contributed by atoms with Crippen molar-refractivity contribution in [1.29, 1.82) is 0 Å². The lowest BCUT2D eigenvalue weighted by Gasteiger charge is -2.08. The van der Waals surface area contributed by atoms with E-state index in [1.165, 1.54) is 6.20 Å². The molecule has 0 bridgehead atoms. The van der Waals surface area contributed by atoms with Crippen LogP contribution in [-0.4, -0.2) is 5.84 Å². The van der Waals surface area contributed by atoms with Gasteiger partial charge in [-0.25, -0.2) is 4.99 Å². The van der Waals surface area contributed by atoms with E-state index in [-0.39, 0.29) is 11.1 Å². The minimum atomic E-state index is 0.160. The number of nitrogens with two attached hydrogens (primary N) is 2. The Labute approximate surface area is 77.8 Å². The molecule has 3 nitrogen and oxygen atoms in total. The third kappa shape index (κ3) is 3.44. The molecule has 0 aliphatic carbocycles. The van der Waals surface area contributed by atoms with Gasteiger partial charge in [0.15, 0.2) is 0 Å². The predicted molar refractivity (Wildman–Crippen MR) is 53.7 cm³/mol. The summed E-state index contributed by atoms with van der Waals surface area (Å²) in [6, 6.07) is 0. The fourth-order valence-electron chi connectivity index (χ4n) is 0.769. The molecule has 0 saturated carbocycles. The van der Waals surface area contributed by atoms with Crippen LogP contribution < -0.4 is 11.5 Å². The molecule has 0 aliphatic rings. The van der Waals surface area contributed by atoms with Crippen LogP contribution in [0.5, 0.6) is 0 Å². The monoisotopic (exact) mass is 187 g/mol. The average molecular weight is 188 g/mol. The zero-order valence-electron chi connectivity index (χ0n) is 7.34. The Kier molecular flexibility index (Phi) is 4.44. The summed E-state index contributed by atoms with van der Waals surface area (Å²) >= 11 is 5.45. The van der Waals surface area contributed by atoms with E-state index in [0.717, 1.165) is 5.57 Å². The van der Waals surface area contributed by atoms with Crippen LogP contribution in [-0.2, 0) is 0 Å². The maximum Gasteiger partial charge on any atom is 0.130 e. The van der Waals surface area contributed by atoms with Crippen molar-refractivity contribution in [1.82, 2.24) is 0 Å². The molecule has 68 valence electrons. The first-order valence-electron chi connectivity index (χ1n) is 3.59. The summed E-state index contributed by atoms with van der Waals surface area (Å²) in [5.41, 5.74) is 11.7. The topological polar surface area (TPSA) is 64.4 Å². The molecule has 0 heterocycles. The first kappa shape index (κ1) is 11.0. The highest BCUT2D eigenvalue weighted by Gasteiger charge is 2.06. The number of amidine groups is 1. The van der Waals surface area contributed by atoms with Gasteiger partial charge in [-0.15, -0.1) is 0 Å². The predicted octanol–water partition coefficient (Wildman–Crippen LogP) is 1.55. The summed E-state index contributed by atoms with van der Waals surface area (Å²) in [5.74, 6) is 0.558. The van der Waals surface area contributed by atoms with Gasteiger partial charge in [0.1, 0.15) is 11.0 Å². The van der Waals surface area contributed by atoms with Crippen LogP contribution in [0.2, 0.25) is 0 Å². The van der Waals surface area contributed by atoms with Crippen LogP contribution in [0.4, 0.5) is 0 Å². The zero-order chi connectivity index (χ0) is 9.72. The smallest absolute Gasteiger partial charge is 0.130 e. The Morgan fingerprint density at radius 1 is 1.58 bits per heavy atom. The number of hydrogen-bond donors (Lipinski definition) is 2. The molecule has 0 aromatic rings. The van der Waals surface area contributed by atoms with Crippen molar-refractivity contribution in [3.8, 4) is 0 Å². The molecular weight excluding hydrogens is 174 g/mol. The number of halogens is 1. The molecule has 0 spiro atoms. The molecule has 0 aliphatic heterocycles. The zero-order valence-corrected chi connectivity index (χ0v) is 8.10. The van der Waals surface area contributed by atoms with Gasteiger partial charge in [0, 0.05) is 11.8 Å². The van der Waals surface area contributed by atoms with Gasteiger partial charge in [-0.3, -0.25) is 0 Å². The molecule has 0 amide bonds. The number of nitrogens with zero attached hydrogens (tertiary/aromatic N) is 1. The maximum absolute atomic E-state index is 5.59. The molecule has 0 unspecified atom stereocenters. The molecule has 0 atom stereocenters. The number of aliphatic imine (C=N–C) groups is 1. The highest BCUT2D eigenvalue weighted by atomic mass is 35.5. The Morgan fingerprint density at radius 2 is 2.08 bits per heavy atom. The van der Waals surface area contributed by atoms with Crippen molar-refractivity contribution in [2.24, 2.45) is 22.4 Å². The second-order valence-corrected chi connectivity index (χ2v) is 3.09. The van der Waals surface area contributed by atoms with E-state index in [9.17, 15) is 0 Å². The summed E-state index contributed by atoms with van der Waals surface area (Å²) in [7, 11) is 0. The first-order chi connectivity index (χ1) is 5.49. The average Bonchev–Trinajstić information content (AvgIpc) is 1.85. The van der Waals surface area contributed by atoms with Gasteiger partial charge in [-0.2, -0.15) is 0 Å². The van der Waals surface area contributed by atoms with Crippen LogP contribution in [0, 0.1) is 5.92 Å². The van der Waals surface area contributed by atoms with Gasteiger partial charge in [0.25, 0.3) is 0 Å². The van der Waals surface area contributed by atoms with Crippen molar-refractivity contribution in [2.75, 3.05) is 0 Å². The molecule has 0 radical (unpaired) electrons. The molecule has 0 aromatic heterocycles. The Morgan fingerprint density at radius 3 is 2.33 bits per heavy atom. The van der Waals surface area contributed by atoms with Gasteiger partial charge < -0.3 is 11.5 Å². The number of rotatable bonds is 3. The van der Waals surface area contributed by atoms with E-state index >= 15 is 0 Å². The molecule has 0 saturated heterocycles. The van der Waals surface area contributed by atoms with Crippen LogP contribution in [0.25, 0.3) is 0 Å². The molecule has 0 aromatic carbocycles. The van der Waals surface area contributed by atoms with Crippen molar-refractivity contribution < 1.29 is 0 Å². The maximum atomic E-state index is 5.59. The lowest BCUT2D eigenvalue weighted by molar-refractivity contribution is 0.797. The largest absolute Gasteiger partial charge is 0.404 e. The lowest BCUT2D eigenvalue weighted by atomic mass is 10.0. The highest BCUT2D eigenvalue weighted by Crippen LogP contribution is 2.10. The normalized spacial score (nSPS) is 13.7. The van der Waals surface area contributed by atoms with Gasteiger partial charge in [0.05, 0.1) is 0 Å². The van der Waals surface area contributed by atoms with Crippen molar-refractivity contribution in [3.05, 3.63) is 23.5 Å². The fourth-order valence-corrected chi connectivity index (χ4v) is 0.860. The third-order valence-corrected chi connectivity index (χ3v) is 1.42. The highest BCUT2D eigenvalue weighted by molar-refractivity contribution is 6.29. The summed E-state index contributed by atoms with van der Waals surface area (Å²) in [6.45, 7) is 7.34. The Bertz CT molecular complexity index is 228. The molecule has 4 N–H and O–H groups in total. The second-order valence-electron chi connectivity index (χ2n) is 2.65. The van der Waals surface area contributed by atoms with Gasteiger partial charge in [-0.1, -0.05) is 32.0 Å². The molecule has 0 fully saturated rings. The summed E-state index contributed by atoms with van der Waals surface area (Å²) in [5, 5.41) is 0.160. The van der Waals surface area contributed by atoms with Crippen molar-refractivity contribution >= 4 is 17.4 Å². The molecular formula is C8H14ClN3. The van der Waals surface area contributed by atoms with Crippen LogP contribution >= 0.6 is 11.6 Å². The van der Waals surface area contributed by atoms with Gasteiger partial charge in [0.2, 0.25) is 0 Å².